The maximum Gasteiger partial charge on any atom is 0.161 e. The van der Waals surface area contributed by atoms with Crippen LogP contribution in [0.15, 0.2) is 48.5 Å². The molecule has 0 bridgehead atoms. The molecule has 0 aliphatic carbocycles. The Morgan fingerprint density at radius 3 is 2.35 bits per heavy atom. The Morgan fingerprint density at radius 2 is 1.65 bits per heavy atom. The highest BCUT2D eigenvalue weighted by Gasteiger charge is 2.08. The Bertz CT molecular complexity index is 586. The number of nitrogens with one attached hydrogen (secondary N) is 1. The molecule has 0 saturated carbocycles. The molecule has 0 amide bonds. The predicted octanol–water partition coefficient (Wildman–Crippen LogP) is 3.31. The molecule has 0 aliphatic heterocycles. The monoisotopic (exact) mass is 315 g/mol. The maximum atomic E-state index is 10.1. The van der Waals surface area contributed by atoms with Crippen molar-refractivity contribution in [1.82, 2.24) is 5.32 Å². The summed E-state index contributed by atoms with van der Waals surface area (Å²) in [6.45, 7) is 6.29. The predicted molar refractivity (Wildman–Crippen MR) is 91.9 cm³/mol. The van der Waals surface area contributed by atoms with Crippen molar-refractivity contribution in [1.29, 1.82) is 0 Å². The summed E-state index contributed by atoms with van der Waals surface area (Å²) < 4.78 is 11.2. The van der Waals surface area contributed by atoms with Crippen LogP contribution in [-0.2, 0) is 6.54 Å². The van der Waals surface area contributed by atoms with Gasteiger partial charge in [0.15, 0.2) is 11.5 Å². The normalized spacial score (nSPS) is 12.0. The van der Waals surface area contributed by atoms with Gasteiger partial charge in [-0.25, -0.2) is 0 Å². The zero-order chi connectivity index (χ0) is 16.5. The van der Waals surface area contributed by atoms with E-state index in [1.807, 2.05) is 62.4 Å². The van der Waals surface area contributed by atoms with Crippen LogP contribution >= 0.6 is 0 Å². The van der Waals surface area contributed by atoms with Gasteiger partial charge in [-0.1, -0.05) is 36.4 Å². The molecule has 2 aromatic carbocycles. The second-order valence-electron chi connectivity index (χ2n) is 5.20. The smallest absolute Gasteiger partial charge is 0.161 e. The first kappa shape index (κ1) is 17.3. The average Bonchev–Trinajstić information content (AvgIpc) is 2.58. The number of benzene rings is 2. The van der Waals surface area contributed by atoms with Crippen LogP contribution in [0.3, 0.4) is 0 Å². The number of rotatable bonds is 9. The molecule has 2 aromatic rings. The third-order valence-corrected chi connectivity index (χ3v) is 3.46. The summed E-state index contributed by atoms with van der Waals surface area (Å²) in [7, 11) is 0. The fraction of sp³-hybridized carbons (Fsp3) is 0.368. The summed E-state index contributed by atoms with van der Waals surface area (Å²) in [6, 6.07) is 15.6. The molecule has 4 heteroatoms. The molecule has 0 spiro atoms. The van der Waals surface area contributed by atoms with Gasteiger partial charge in [0.25, 0.3) is 0 Å². The lowest BCUT2D eigenvalue weighted by Gasteiger charge is -2.14. The molecule has 0 saturated heterocycles. The highest BCUT2D eigenvalue weighted by molar-refractivity contribution is 5.43. The Labute approximate surface area is 138 Å². The minimum Gasteiger partial charge on any atom is -0.490 e. The molecule has 2 N–H and O–H groups in total. The fourth-order valence-corrected chi connectivity index (χ4v) is 2.35. The van der Waals surface area contributed by atoms with E-state index < -0.39 is 6.10 Å². The first-order valence-electron chi connectivity index (χ1n) is 8.06. The molecule has 2 rings (SSSR count). The second kappa shape index (κ2) is 9.18. The maximum absolute atomic E-state index is 10.1. The van der Waals surface area contributed by atoms with Crippen molar-refractivity contribution in [2.45, 2.75) is 26.5 Å². The summed E-state index contributed by atoms with van der Waals surface area (Å²) in [5, 5.41) is 13.4. The van der Waals surface area contributed by atoms with Gasteiger partial charge in [-0.15, -0.1) is 0 Å². The van der Waals surface area contributed by atoms with E-state index in [4.69, 9.17) is 9.47 Å². The lowest BCUT2D eigenvalue weighted by molar-refractivity contribution is 0.174. The molecule has 23 heavy (non-hydrogen) atoms. The lowest BCUT2D eigenvalue weighted by Crippen LogP contribution is -2.21. The molecule has 0 unspecified atom stereocenters. The molecule has 0 fully saturated rings. The molecule has 0 aromatic heterocycles. The van der Waals surface area contributed by atoms with E-state index in [1.165, 1.54) is 0 Å². The standard InChI is InChI=1S/C19H25NO3/c1-3-22-18-11-10-15(12-19(18)23-4-2)13-20-14-17(21)16-8-6-5-7-9-16/h5-12,17,20-21H,3-4,13-14H2,1-2H3/t17-/m0/s1. The molecule has 4 nitrogen and oxygen atoms in total. The highest BCUT2D eigenvalue weighted by atomic mass is 16.5. The first-order valence-corrected chi connectivity index (χ1v) is 8.06. The Balaban J connectivity index is 1.91. The van der Waals surface area contributed by atoms with Gasteiger partial charge in [0.1, 0.15) is 0 Å². The van der Waals surface area contributed by atoms with Crippen molar-refractivity contribution in [2.75, 3.05) is 19.8 Å². The number of ether oxygens (including phenoxy) is 2. The zero-order valence-electron chi connectivity index (χ0n) is 13.8. The van der Waals surface area contributed by atoms with Gasteiger partial charge in [-0.3, -0.25) is 0 Å². The van der Waals surface area contributed by atoms with Crippen LogP contribution in [0.1, 0.15) is 31.1 Å². The second-order valence-corrected chi connectivity index (χ2v) is 5.20. The first-order chi connectivity index (χ1) is 11.2. The SMILES string of the molecule is CCOc1ccc(CNC[C@H](O)c2ccccc2)cc1OCC. The third-order valence-electron chi connectivity index (χ3n) is 3.46. The molecule has 1 atom stereocenters. The van der Waals surface area contributed by atoms with Crippen molar-refractivity contribution in [3.05, 3.63) is 59.7 Å². The van der Waals surface area contributed by atoms with Gasteiger partial charge in [0.2, 0.25) is 0 Å². The van der Waals surface area contributed by atoms with Crippen molar-refractivity contribution < 1.29 is 14.6 Å². The summed E-state index contributed by atoms with van der Waals surface area (Å²) in [4.78, 5) is 0. The van der Waals surface area contributed by atoms with Crippen LogP contribution in [0.5, 0.6) is 11.5 Å². The average molecular weight is 315 g/mol. The topological polar surface area (TPSA) is 50.7 Å². The Morgan fingerprint density at radius 1 is 0.957 bits per heavy atom. The Hall–Kier alpha value is -2.04. The van der Waals surface area contributed by atoms with Crippen LogP contribution < -0.4 is 14.8 Å². The van der Waals surface area contributed by atoms with E-state index in [0.29, 0.717) is 26.3 Å². The summed E-state index contributed by atoms with van der Waals surface area (Å²) in [5.41, 5.74) is 2.01. The summed E-state index contributed by atoms with van der Waals surface area (Å²) in [5.74, 6) is 1.53. The van der Waals surface area contributed by atoms with Crippen LogP contribution in [-0.4, -0.2) is 24.9 Å². The molecule has 124 valence electrons. The minimum atomic E-state index is -0.509. The van der Waals surface area contributed by atoms with Crippen LogP contribution in [0, 0.1) is 0 Å². The van der Waals surface area contributed by atoms with Crippen LogP contribution in [0.2, 0.25) is 0 Å². The molecular weight excluding hydrogens is 290 g/mol. The minimum absolute atomic E-state index is 0.501. The van der Waals surface area contributed by atoms with Gasteiger partial charge in [-0.2, -0.15) is 0 Å². The fourth-order valence-electron chi connectivity index (χ4n) is 2.35. The van der Waals surface area contributed by atoms with Gasteiger partial charge in [0.05, 0.1) is 19.3 Å². The van der Waals surface area contributed by atoms with Gasteiger partial charge in [-0.05, 0) is 37.1 Å². The number of hydrogen-bond acceptors (Lipinski definition) is 4. The van der Waals surface area contributed by atoms with Crippen molar-refractivity contribution in [2.24, 2.45) is 0 Å². The van der Waals surface area contributed by atoms with Gasteiger partial charge < -0.3 is 19.9 Å². The van der Waals surface area contributed by atoms with E-state index >= 15 is 0 Å². The van der Waals surface area contributed by atoms with Gasteiger partial charge >= 0.3 is 0 Å². The lowest BCUT2D eigenvalue weighted by atomic mass is 10.1. The van der Waals surface area contributed by atoms with Crippen molar-refractivity contribution >= 4 is 0 Å². The summed E-state index contributed by atoms with van der Waals surface area (Å²) in [6.07, 6.45) is -0.509. The number of aliphatic hydroxyl groups excluding tert-OH is 1. The largest absolute Gasteiger partial charge is 0.490 e. The molecule has 0 heterocycles. The van der Waals surface area contributed by atoms with Gasteiger partial charge in [0, 0.05) is 13.1 Å². The van der Waals surface area contributed by atoms with E-state index in [2.05, 4.69) is 5.32 Å². The van der Waals surface area contributed by atoms with E-state index in [9.17, 15) is 5.11 Å². The summed E-state index contributed by atoms with van der Waals surface area (Å²) >= 11 is 0. The quantitative estimate of drug-likeness (QED) is 0.745. The van der Waals surface area contributed by atoms with E-state index in [0.717, 1.165) is 22.6 Å². The van der Waals surface area contributed by atoms with E-state index in [-0.39, 0.29) is 0 Å². The Kier molecular flexibility index (Phi) is 6.91. The highest BCUT2D eigenvalue weighted by Crippen LogP contribution is 2.28. The van der Waals surface area contributed by atoms with Crippen LogP contribution in [0.4, 0.5) is 0 Å². The number of aliphatic hydroxyl groups is 1. The van der Waals surface area contributed by atoms with Crippen LogP contribution in [0.25, 0.3) is 0 Å². The number of hydrogen-bond donors (Lipinski definition) is 2. The molecule has 0 radical (unpaired) electrons. The third kappa shape index (κ3) is 5.27. The zero-order valence-corrected chi connectivity index (χ0v) is 13.8. The van der Waals surface area contributed by atoms with Crippen molar-refractivity contribution in [3.8, 4) is 11.5 Å². The van der Waals surface area contributed by atoms with Crippen molar-refractivity contribution in [3.63, 3.8) is 0 Å². The molecular formula is C19H25NO3. The molecule has 0 aliphatic rings. The van der Waals surface area contributed by atoms with E-state index in [1.54, 1.807) is 0 Å².